The molecule has 0 fully saturated rings. The topological polar surface area (TPSA) is 34.9 Å². The van der Waals surface area contributed by atoms with E-state index in [0.29, 0.717) is 5.69 Å². The molecule has 0 aromatic carbocycles. The molecule has 84 valence electrons. The van der Waals surface area contributed by atoms with Gasteiger partial charge in [-0.05, 0) is 6.92 Å². The molecule has 0 radical (unpaired) electrons. The Morgan fingerprint density at radius 3 is 2.53 bits per heavy atom. The SMILES string of the molecule is Cc1c(C(=O)CCC(F)(F)F)cnn1C. The summed E-state index contributed by atoms with van der Waals surface area (Å²) in [5.74, 6) is -0.516. The number of ketones is 1. The second-order valence-electron chi connectivity index (χ2n) is 3.31. The Kier molecular flexibility index (Phi) is 3.16. The summed E-state index contributed by atoms with van der Waals surface area (Å²) in [5, 5.41) is 3.80. The molecule has 1 rings (SSSR count). The third-order valence-electron chi connectivity index (χ3n) is 2.17. The molecular weight excluding hydrogens is 209 g/mol. The first-order valence-corrected chi connectivity index (χ1v) is 4.40. The molecule has 0 bridgehead atoms. The quantitative estimate of drug-likeness (QED) is 0.732. The lowest BCUT2D eigenvalue weighted by Gasteiger charge is -2.04. The lowest BCUT2D eigenvalue weighted by Crippen LogP contribution is -2.11. The van der Waals surface area contributed by atoms with Gasteiger partial charge < -0.3 is 0 Å². The average Bonchev–Trinajstić information content (AvgIpc) is 2.43. The number of aromatic nitrogens is 2. The first kappa shape index (κ1) is 11.7. The molecule has 1 aromatic heterocycles. The molecule has 0 aliphatic carbocycles. The van der Waals surface area contributed by atoms with Crippen molar-refractivity contribution in [1.29, 1.82) is 0 Å². The fraction of sp³-hybridized carbons (Fsp3) is 0.556. The van der Waals surface area contributed by atoms with E-state index in [4.69, 9.17) is 0 Å². The fourth-order valence-corrected chi connectivity index (χ4v) is 1.16. The Hall–Kier alpha value is -1.33. The van der Waals surface area contributed by atoms with Crippen LogP contribution in [0.25, 0.3) is 0 Å². The maximum Gasteiger partial charge on any atom is 0.389 e. The maximum atomic E-state index is 11.9. The normalized spacial score (nSPS) is 11.8. The van der Waals surface area contributed by atoms with E-state index >= 15 is 0 Å². The van der Waals surface area contributed by atoms with Crippen molar-refractivity contribution in [2.45, 2.75) is 25.9 Å². The van der Waals surface area contributed by atoms with E-state index in [2.05, 4.69) is 5.10 Å². The molecule has 1 heterocycles. The van der Waals surface area contributed by atoms with Crippen LogP contribution in [0.3, 0.4) is 0 Å². The highest BCUT2D eigenvalue weighted by Gasteiger charge is 2.28. The maximum absolute atomic E-state index is 11.9. The third-order valence-corrected chi connectivity index (χ3v) is 2.17. The average molecular weight is 220 g/mol. The second-order valence-corrected chi connectivity index (χ2v) is 3.31. The minimum Gasteiger partial charge on any atom is -0.294 e. The first-order chi connectivity index (χ1) is 6.81. The van der Waals surface area contributed by atoms with Crippen LogP contribution in [0.2, 0.25) is 0 Å². The zero-order valence-corrected chi connectivity index (χ0v) is 8.43. The lowest BCUT2D eigenvalue weighted by atomic mass is 10.1. The van der Waals surface area contributed by atoms with Gasteiger partial charge in [0.15, 0.2) is 5.78 Å². The molecule has 0 saturated carbocycles. The predicted octanol–water partition coefficient (Wildman–Crippen LogP) is 2.25. The van der Waals surface area contributed by atoms with Crippen molar-refractivity contribution in [1.82, 2.24) is 9.78 Å². The van der Waals surface area contributed by atoms with Gasteiger partial charge in [-0.1, -0.05) is 0 Å². The zero-order valence-electron chi connectivity index (χ0n) is 8.43. The Bertz CT molecular complexity index is 368. The number of aryl methyl sites for hydroxylation is 1. The standard InChI is InChI=1S/C9H11F3N2O/c1-6-7(5-13-14(6)2)8(15)3-4-9(10,11)12/h5H,3-4H2,1-2H3. The summed E-state index contributed by atoms with van der Waals surface area (Å²) in [6.45, 7) is 1.65. The number of carbonyl (C=O) groups excluding carboxylic acids is 1. The molecule has 0 N–H and O–H groups in total. The number of carbonyl (C=O) groups is 1. The van der Waals surface area contributed by atoms with E-state index in [9.17, 15) is 18.0 Å². The highest BCUT2D eigenvalue weighted by Crippen LogP contribution is 2.23. The van der Waals surface area contributed by atoms with Gasteiger partial charge in [-0.2, -0.15) is 18.3 Å². The highest BCUT2D eigenvalue weighted by atomic mass is 19.4. The summed E-state index contributed by atoms with van der Waals surface area (Å²) in [6.07, 6.45) is -4.59. The van der Waals surface area contributed by atoms with Crippen LogP contribution in [-0.4, -0.2) is 21.7 Å². The fourth-order valence-electron chi connectivity index (χ4n) is 1.16. The van der Waals surface area contributed by atoms with E-state index in [0.717, 1.165) is 0 Å². The number of nitrogens with zero attached hydrogens (tertiary/aromatic N) is 2. The number of alkyl halides is 3. The molecule has 1 aromatic rings. The van der Waals surface area contributed by atoms with Gasteiger partial charge in [0.2, 0.25) is 0 Å². The van der Waals surface area contributed by atoms with Crippen molar-refractivity contribution in [3.05, 3.63) is 17.5 Å². The summed E-state index contributed by atoms with van der Waals surface area (Å²) in [5.41, 5.74) is 0.851. The van der Waals surface area contributed by atoms with Gasteiger partial charge in [0.1, 0.15) is 0 Å². The van der Waals surface area contributed by atoms with E-state index in [-0.39, 0.29) is 5.56 Å². The molecule has 0 saturated heterocycles. The summed E-state index contributed by atoms with van der Waals surface area (Å²) < 4.78 is 37.1. The third kappa shape index (κ3) is 3.07. The van der Waals surface area contributed by atoms with Gasteiger partial charge >= 0.3 is 6.18 Å². The van der Waals surface area contributed by atoms with Gasteiger partial charge in [-0.25, -0.2) is 0 Å². The second kappa shape index (κ2) is 4.04. The van der Waals surface area contributed by atoms with Crippen LogP contribution in [0.5, 0.6) is 0 Å². The van der Waals surface area contributed by atoms with E-state index in [1.807, 2.05) is 0 Å². The van der Waals surface area contributed by atoms with E-state index < -0.39 is 24.8 Å². The molecule has 15 heavy (non-hydrogen) atoms. The van der Waals surface area contributed by atoms with Gasteiger partial charge in [0.05, 0.1) is 18.2 Å². The lowest BCUT2D eigenvalue weighted by molar-refractivity contribution is -0.133. The summed E-state index contributed by atoms with van der Waals surface area (Å²) in [6, 6.07) is 0. The molecule has 6 heteroatoms. The molecule has 0 spiro atoms. The van der Waals surface area contributed by atoms with Crippen LogP contribution in [-0.2, 0) is 7.05 Å². The van der Waals surface area contributed by atoms with Crippen molar-refractivity contribution >= 4 is 5.78 Å². The van der Waals surface area contributed by atoms with Crippen LogP contribution < -0.4 is 0 Å². The molecule has 3 nitrogen and oxygen atoms in total. The largest absolute Gasteiger partial charge is 0.389 e. The van der Waals surface area contributed by atoms with Crippen molar-refractivity contribution in [2.24, 2.45) is 7.05 Å². The summed E-state index contributed by atoms with van der Waals surface area (Å²) in [7, 11) is 1.63. The van der Waals surface area contributed by atoms with Crippen LogP contribution in [0.4, 0.5) is 13.2 Å². The number of halogens is 3. The Balaban J connectivity index is 2.66. The zero-order chi connectivity index (χ0) is 11.6. The Labute approximate surface area is 84.9 Å². The highest BCUT2D eigenvalue weighted by molar-refractivity contribution is 5.96. The van der Waals surface area contributed by atoms with Gasteiger partial charge in [-0.15, -0.1) is 0 Å². The Morgan fingerprint density at radius 2 is 2.13 bits per heavy atom. The molecule has 0 amide bonds. The minimum absolute atomic E-state index is 0.266. The number of Topliss-reactive ketones (excluding diaryl/α,β-unsaturated/α-hetero) is 1. The molecular formula is C9H11F3N2O. The number of hydrogen-bond donors (Lipinski definition) is 0. The summed E-state index contributed by atoms with van der Waals surface area (Å²) >= 11 is 0. The van der Waals surface area contributed by atoms with Crippen molar-refractivity contribution in [3.63, 3.8) is 0 Å². The smallest absolute Gasteiger partial charge is 0.294 e. The monoisotopic (exact) mass is 220 g/mol. The van der Waals surface area contributed by atoms with Gasteiger partial charge in [-0.3, -0.25) is 9.48 Å². The van der Waals surface area contributed by atoms with Crippen LogP contribution in [0.15, 0.2) is 6.20 Å². The van der Waals surface area contributed by atoms with Crippen molar-refractivity contribution < 1.29 is 18.0 Å². The number of hydrogen-bond acceptors (Lipinski definition) is 2. The molecule has 0 unspecified atom stereocenters. The van der Waals surface area contributed by atoms with Crippen molar-refractivity contribution in [3.8, 4) is 0 Å². The van der Waals surface area contributed by atoms with Crippen molar-refractivity contribution in [2.75, 3.05) is 0 Å². The number of rotatable bonds is 3. The van der Waals surface area contributed by atoms with Crippen LogP contribution in [0, 0.1) is 6.92 Å². The molecule has 0 aliphatic heterocycles. The van der Waals surface area contributed by atoms with Gasteiger partial charge in [0.25, 0.3) is 0 Å². The van der Waals surface area contributed by atoms with Gasteiger partial charge in [0, 0.05) is 19.2 Å². The predicted molar refractivity (Wildman–Crippen MR) is 47.6 cm³/mol. The van der Waals surface area contributed by atoms with Crippen LogP contribution in [0.1, 0.15) is 28.9 Å². The molecule has 0 atom stereocenters. The summed E-state index contributed by atoms with van der Waals surface area (Å²) in [4.78, 5) is 11.4. The minimum atomic E-state index is -4.29. The molecule has 0 aliphatic rings. The Morgan fingerprint density at radius 1 is 1.53 bits per heavy atom. The van der Waals surface area contributed by atoms with E-state index in [1.54, 1.807) is 14.0 Å². The van der Waals surface area contributed by atoms with E-state index in [1.165, 1.54) is 10.9 Å². The first-order valence-electron chi connectivity index (χ1n) is 4.40. The van der Waals surface area contributed by atoms with Crippen LogP contribution >= 0.6 is 0 Å².